The van der Waals surface area contributed by atoms with E-state index in [0.29, 0.717) is 26.2 Å². The predicted molar refractivity (Wildman–Crippen MR) is 74.3 cm³/mol. The molecule has 1 aromatic carbocycles. The SMILES string of the molecule is CN(C)C=Nc1sc2c(F)ccc(CO)c2c1C#N. The quantitative estimate of drug-likeness (QED) is 0.693. The van der Waals surface area contributed by atoms with Crippen LogP contribution in [0.25, 0.3) is 10.1 Å². The van der Waals surface area contributed by atoms with Crippen LogP contribution in [0.2, 0.25) is 0 Å². The highest BCUT2D eigenvalue weighted by atomic mass is 32.1. The number of hydrogen-bond donors (Lipinski definition) is 1. The van der Waals surface area contributed by atoms with Crippen LogP contribution in [-0.4, -0.2) is 30.4 Å². The number of nitriles is 1. The van der Waals surface area contributed by atoms with E-state index in [-0.39, 0.29) is 6.61 Å². The Morgan fingerprint density at radius 2 is 2.26 bits per heavy atom. The lowest BCUT2D eigenvalue weighted by molar-refractivity contribution is 0.283. The van der Waals surface area contributed by atoms with E-state index in [2.05, 4.69) is 4.99 Å². The number of rotatable bonds is 3. The van der Waals surface area contributed by atoms with Crippen molar-refractivity contribution < 1.29 is 9.50 Å². The Labute approximate surface area is 114 Å². The first kappa shape index (κ1) is 13.5. The second-order valence-electron chi connectivity index (χ2n) is 4.17. The molecule has 1 N–H and O–H groups in total. The highest BCUT2D eigenvalue weighted by molar-refractivity contribution is 7.23. The van der Waals surface area contributed by atoms with Crippen LogP contribution in [0.15, 0.2) is 17.1 Å². The number of benzene rings is 1. The van der Waals surface area contributed by atoms with Crippen molar-refractivity contribution >= 4 is 32.8 Å². The lowest BCUT2D eigenvalue weighted by Gasteiger charge is -2.01. The van der Waals surface area contributed by atoms with Crippen LogP contribution in [0.5, 0.6) is 0 Å². The standard InChI is InChI=1S/C13H12FN3OS/c1-17(2)7-16-13-9(5-15)11-8(6-18)3-4-10(14)12(11)19-13/h3-4,7,18H,6H2,1-2H3. The maximum Gasteiger partial charge on any atom is 0.141 e. The first-order valence-corrected chi connectivity index (χ1v) is 6.35. The average Bonchev–Trinajstić information content (AvgIpc) is 2.76. The second-order valence-corrected chi connectivity index (χ2v) is 5.17. The number of fused-ring (bicyclic) bond motifs is 1. The second kappa shape index (κ2) is 5.34. The van der Waals surface area contributed by atoms with Gasteiger partial charge in [-0.2, -0.15) is 5.26 Å². The van der Waals surface area contributed by atoms with Gasteiger partial charge in [0.1, 0.15) is 16.9 Å². The zero-order valence-corrected chi connectivity index (χ0v) is 11.3. The van der Waals surface area contributed by atoms with Gasteiger partial charge < -0.3 is 10.0 Å². The molecule has 98 valence electrons. The van der Waals surface area contributed by atoms with E-state index in [1.165, 1.54) is 12.1 Å². The summed E-state index contributed by atoms with van der Waals surface area (Å²) in [4.78, 5) is 5.91. The van der Waals surface area contributed by atoms with E-state index < -0.39 is 5.82 Å². The number of halogens is 1. The van der Waals surface area contributed by atoms with Gasteiger partial charge in [-0.05, 0) is 11.6 Å². The van der Waals surface area contributed by atoms with Gasteiger partial charge in [0.05, 0.1) is 23.2 Å². The largest absolute Gasteiger partial charge is 0.392 e. The smallest absolute Gasteiger partial charge is 0.141 e. The molecule has 0 aliphatic heterocycles. The third-order valence-electron chi connectivity index (χ3n) is 2.55. The van der Waals surface area contributed by atoms with E-state index in [1.807, 2.05) is 20.2 Å². The van der Waals surface area contributed by atoms with Crippen molar-refractivity contribution in [2.75, 3.05) is 14.1 Å². The van der Waals surface area contributed by atoms with Gasteiger partial charge in [0.15, 0.2) is 0 Å². The molecule has 0 bridgehead atoms. The Morgan fingerprint density at radius 1 is 1.53 bits per heavy atom. The third-order valence-corrected chi connectivity index (χ3v) is 3.65. The van der Waals surface area contributed by atoms with Crippen molar-refractivity contribution in [2.24, 2.45) is 4.99 Å². The highest BCUT2D eigenvalue weighted by Gasteiger charge is 2.17. The lowest BCUT2D eigenvalue weighted by Crippen LogP contribution is -2.06. The molecular weight excluding hydrogens is 265 g/mol. The van der Waals surface area contributed by atoms with Crippen molar-refractivity contribution in [3.63, 3.8) is 0 Å². The number of aliphatic imine (C=N–C) groups is 1. The normalized spacial score (nSPS) is 11.1. The molecule has 6 heteroatoms. The molecule has 2 rings (SSSR count). The van der Waals surface area contributed by atoms with E-state index in [0.717, 1.165) is 11.3 Å². The number of aliphatic hydroxyl groups is 1. The minimum absolute atomic E-state index is 0.237. The first-order chi connectivity index (χ1) is 9.08. The molecule has 0 unspecified atom stereocenters. The fourth-order valence-electron chi connectivity index (χ4n) is 1.72. The summed E-state index contributed by atoms with van der Waals surface area (Å²) >= 11 is 1.11. The van der Waals surface area contributed by atoms with Gasteiger partial charge >= 0.3 is 0 Å². The van der Waals surface area contributed by atoms with Gasteiger partial charge in [-0.15, -0.1) is 11.3 Å². The molecule has 0 aliphatic rings. The minimum Gasteiger partial charge on any atom is -0.392 e. The third kappa shape index (κ3) is 2.43. The summed E-state index contributed by atoms with van der Waals surface area (Å²) in [6.07, 6.45) is 1.56. The van der Waals surface area contributed by atoms with Crippen molar-refractivity contribution in [1.82, 2.24) is 4.90 Å². The van der Waals surface area contributed by atoms with Gasteiger partial charge in [-0.1, -0.05) is 6.07 Å². The van der Waals surface area contributed by atoms with E-state index in [1.54, 1.807) is 11.2 Å². The Balaban J connectivity index is 2.75. The van der Waals surface area contributed by atoms with Gasteiger partial charge in [0.25, 0.3) is 0 Å². The molecule has 4 nitrogen and oxygen atoms in total. The summed E-state index contributed by atoms with van der Waals surface area (Å²) in [5, 5.41) is 19.5. The Bertz CT molecular complexity index is 685. The molecule has 0 fully saturated rings. The monoisotopic (exact) mass is 277 g/mol. The number of thiophene rings is 1. The van der Waals surface area contributed by atoms with Crippen LogP contribution in [0.3, 0.4) is 0 Å². The lowest BCUT2D eigenvalue weighted by atomic mass is 10.1. The summed E-state index contributed by atoms with van der Waals surface area (Å²) in [7, 11) is 3.62. The summed E-state index contributed by atoms with van der Waals surface area (Å²) in [6, 6.07) is 4.83. The number of hydrogen-bond acceptors (Lipinski definition) is 4. The molecule has 0 spiro atoms. The molecule has 1 aromatic heterocycles. The van der Waals surface area contributed by atoms with Gasteiger partial charge in [-0.25, -0.2) is 9.38 Å². The molecule has 0 amide bonds. The van der Waals surface area contributed by atoms with Crippen LogP contribution in [0.1, 0.15) is 11.1 Å². The minimum atomic E-state index is -0.403. The Kier molecular flexibility index (Phi) is 3.79. The van der Waals surface area contributed by atoms with Crippen molar-refractivity contribution in [3.05, 3.63) is 29.1 Å². The van der Waals surface area contributed by atoms with Gasteiger partial charge in [-0.3, -0.25) is 0 Å². The summed E-state index contributed by atoms with van der Waals surface area (Å²) in [5.41, 5.74) is 0.845. The van der Waals surface area contributed by atoms with E-state index in [4.69, 9.17) is 0 Å². The van der Waals surface area contributed by atoms with Crippen LogP contribution in [0.4, 0.5) is 9.39 Å². The van der Waals surface area contributed by atoms with Crippen LogP contribution in [0, 0.1) is 17.1 Å². The topological polar surface area (TPSA) is 59.6 Å². The average molecular weight is 277 g/mol. The molecule has 2 aromatic rings. The zero-order chi connectivity index (χ0) is 14.0. The van der Waals surface area contributed by atoms with E-state index >= 15 is 0 Å². The van der Waals surface area contributed by atoms with Gasteiger partial charge in [0.2, 0.25) is 0 Å². The Hall–Kier alpha value is -1.97. The Morgan fingerprint density at radius 3 is 2.84 bits per heavy atom. The fourth-order valence-corrected chi connectivity index (χ4v) is 2.76. The summed E-state index contributed by atoms with van der Waals surface area (Å²) in [5.74, 6) is -0.403. The van der Waals surface area contributed by atoms with Crippen molar-refractivity contribution in [2.45, 2.75) is 6.61 Å². The molecule has 0 atom stereocenters. The van der Waals surface area contributed by atoms with Crippen molar-refractivity contribution in [1.29, 1.82) is 5.26 Å². The van der Waals surface area contributed by atoms with Crippen LogP contribution >= 0.6 is 11.3 Å². The molecule has 0 aliphatic carbocycles. The number of aliphatic hydroxyl groups excluding tert-OH is 1. The number of nitrogens with zero attached hydrogens (tertiary/aromatic N) is 3. The zero-order valence-electron chi connectivity index (χ0n) is 10.5. The molecule has 1 heterocycles. The summed E-state index contributed by atoms with van der Waals surface area (Å²) in [6.45, 7) is -0.237. The predicted octanol–water partition coefficient (Wildman–Crippen LogP) is 2.63. The first-order valence-electron chi connectivity index (χ1n) is 5.54. The molecule has 0 saturated heterocycles. The molecule has 0 radical (unpaired) electrons. The van der Waals surface area contributed by atoms with Crippen molar-refractivity contribution in [3.8, 4) is 6.07 Å². The fraction of sp³-hybridized carbons (Fsp3) is 0.231. The maximum atomic E-state index is 13.8. The van der Waals surface area contributed by atoms with Gasteiger partial charge in [0, 0.05) is 19.5 Å². The maximum absolute atomic E-state index is 13.8. The molecule has 19 heavy (non-hydrogen) atoms. The van der Waals surface area contributed by atoms with E-state index in [9.17, 15) is 14.8 Å². The highest BCUT2D eigenvalue weighted by Crippen LogP contribution is 2.40. The molecule has 0 saturated carbocycles. The van der Waals surface area contributed by atoms with Crippen LogP contribution < -0.4 is 0 Å². The summed E-state index contributed by atoms with van der Waals surface area (Å²) < 4.78 is 14.1. The molecular formula is C13H12FN3OS. The van der Waals surface area contributed by atoms with Crippen LogP contribution in [-0.2, 0) is 6.61 Å².